The molecule has 1 aromatic carbocycles. The molecular formula is C27H27FN6O4. The van der Waals surface area contributed by atoms with E-state index in [1.54, 1.807) is 31.5 Å². The molecular weight excluding hydrogens is 491 g/mol. The molecule has 1 aliphatic heterocycles. The molecule has 3 aromatic heterocycles. The van der Waals surface area contributed by atoms with Crippen molar-refractivity contribution in [2.75, 3.05) is 31.7 Å². The number of amides is 2. The van der Waals surface area contributed by atoms with Gasteiger partial charge in [0.2, 0.25) is 5.88 Å². The number of rotatable bonds is 7. The topological polar surface area (TPSA) is 134 Å². The molecule has 4 heterocycles. The quantitative estimate of drug-likeness (QED) is 0.292. The molecule has 2 fully saturated rings. The number of aromatic amines is 1. The number of nitrogens with zero attached hydrogens (tertiary/aromatic N) is 3. The summed E-state index contributed by atoms with van der Waals surface area (Å²) in [6, 6.07) is 8.04. The number of H-pyrrole nitrogens is 1. The van der Waals surface area contributed by atoms with Gasteiger partial charge in [-0.3, -0.25) is 5.10 Å². The zero-order valence-corrected chi connectivity index (χ0v) is 20.8. The fraction of sp³-hybridized carbons (Fsp3) is 0.333. The molecule has 2 amide bonds. The zero-order valence-electron chi connectivity index (χ0n) is 20.8. The van der Waals surface area contributed by atoms with Crippen LogP contribution in [0.5, 0.6) is 5.88 Å². The first-order valence-corrected chi connectivity index (χ1v) is 12.4. The second-order valence-electron chi connectivity index (χ2n) is 9.99. The molecule has 0 atom stereocenters. The minimum Gasteiger partial charge on any atom is -0.475 e. The van der Waals surface area contributed by atoms with E-state index in [-0.39, 0.29) is 30.4 Å². The largest absolute Gasteiger partial charge is 0.475 e. The first-order chi connectivity index (χ1) is 18.4. The average molecular weight is 519 g/mol. The predicted molar refractivity (Wildman–Crippen MR) is 138 cm³/mol. The molecule has 1 saturated heterocycles. The third-order valence-electron chi connectivity index (χ3n) is 7.16. The number of nitrogens with one attached hydrogen (secondary N) is 3. The predicted octanol–water partition coefficient (Wildman–Crippen LogP) is 3.81. The van der Waals surface area contributed by atoms with Crippen molar-refractivity contribution in [3.05, 3.63) is 54.1 Å². The van der Waals surface area contributed by atoms with Gasteiger partial charge in [0, 0.05) is 34.7 Å². The van der Waals surface area contributed by atoms with Crippen LogP contribution in [0.25, 0.3) is 33.4 Å². The van der Waals surface area contributed by atoms with Crippen LogP contribution in [0.15, 0.2) is 42.7 Å². The SMILES string of the molecule is Cc1cc(F)c(NC(=O)NC2CC3(COC3)C2)cc1-c1cc(OCCO)nc(-c2ccnc3[nH]ncc23)c1. The van der Waals surface area contributed by atoms with Crippen LogP contribution in [-0.4, -0.2) is 63.8 Å². The normalized spacial score (nSPS) is 16.2. The Morgan fingerprint density at radius 3 is 2.87 bits per heavy atom. The number of anilines is 1. The van der Waals surface area contributed by atoms with Crippen LogP contribution >= 0.6 is 0 Å². The number of halogens is 1. The van der Waals surface area contributed by atoms with Gasteiger partial charge in [-0.1, -0.05) is 0 Å². The molecule has 1 spiro atoms. The van der Waals surface area contributed by atoms with E-state index in [9.17, 15) is 14.3 Å². The number of benzene rings is 1. The third-order valence-corrected chi connectivity index (χ3v) is 7.16. The number of aromatic nitrogens is 4. The molecule has 1 saturated carbocycles. The Morgan fingerprint density at radius 2 is 2.11 bits per heavy atom. The number of hydrogen-bond donors (Lipinski definition) is 4. The monoisotopic (exact) mass is 518 g/mol. The second kappa shape index (κ2) is 9.66. The number of carbonyl (C=O) groups is 1. The lowest BCUT2D eigenvalue weighted by atomic mass is 9.64. The van der Waals surface area contributed by atoms with Gasteiger partial charge in [0.15, 0.2) is 5.65 Å². The van der Waals surface area contributed by atoms with Gasteiger partial charge in [-0.15, -0.1) is 0 Å². The van der Waals surface area contributed by atoms with Crippen LogP contribution in [0.3, 0.4) is 0 Å². The van der Waals surface area contributed by atoms with E-state index in [0.29, 0.717) is 33.9 Å². The maximum atomic E-state index is 14.9. The molecule has 2 aliphatic rings. The average Bonchev–Trinajstić information content (AvgIpc) is 3.34. The van der Waals surface area contributed by atoms with Gasteiger partial charge in [0.05, 0.1) is 37.4 Å². The Morgan fingerprint density at radius 1 is 1.26 bits per heavy atom. The number of aliphatic hydroxyl groups excluding tert-OH is 1. The van der Waals surface area contributed by atoms with Gasteiger partial charge in [-0.05, 0) is 60.7 Å². The van der Waals surface area contributed by atoms with Crippen LogP contribution in [-0.2, 0) is 4.74 Å². The van der Waals surface area contributed by atoms with Crippen molar-refractivity contribution in [2.24, 2.45) is 5.41 Å². The lowest BCUT2D eigenvalue weighted by molar-refractivity contribution is -0.165. The molecule has 196 valence electrons. The highest BCUT2D eigenvalue weighted by Gasteiger charge is 2.50. The van der Waals surface area contributed by atoms with E-state index in [2.05, 4.69) is 30.8 Å². The van der Waals surface area contributed by atoms with Gasteiger partial charge in [0.1, 0.15) is 12.4 Å². The number of ether oxygens (including phenoxy) is 2. The van der Waals surface area contributed by atoms with E-state index in [1.807, 2.05) is 12.1 Å². The van der Waals surface area contributed by atoms with Crippen LogP contribution in [0.4, 0.5) is 14.9 Å². The summed E-state index contributed by atoms with van der Waals surface area (Å²) in [7, 11) is 0. The minimum atomic E-state index is -0.529. The van der Waals surface area contributed by atoms with E-state index >= 15 is 0 Å². The lowest BCUT2D eigenvalue weighted by Crippen LogP contribution is -2.60. The number of carbonyl (C=O) groups excluding carboxylic acids is 1. The van der Waals surface area contributed by atoms with E-state index < -0.39 is 11.8 Å². The smallest absolute Gasteiger partial charge is 0.319 e. The molecule has 10 nitrogen and oxygen atoms in total. The fourth-order valence-corrected chi connectivity index (χ4v) is 5.23. The van der Waals surface area contributed by atoms with Crippen LogP contribution in [0, 0.1) is 18.2 Å². The molecule has 0 bridgehead atoms. The number of urea groups is 1. The number of aliphatic hydroxyl groups is 1. The molecule has 0 unspecified atom stereocenters. The summed E-state index contributed by atoms with van der Waals surface area (Å²) in [5.41, 5.74) is 4.37. The molecule has 38 heavy (non-hydrogen) atoms. The molecule has 1 aliphatic carbocycles. The second-order valence-corrected chi connectivity index (χ2v) is 9.99. The first-order valence-electron chi connectivity index (χ1n) is 12.4. The highest BCUT2D eigenvalue weighted by molar-refractivity contribution is 5.93. The Labute approximate surface area is 217 Å². The summed E-state index contributed by atoms with van der Waals surface area (Å²) in [6.45, 7) is 3.18. The Bertz CT molecular complexity index is 1510. The number of hydrogen-bond acceptors (Lipinski definition) is 7. The van der Waals surface area contributed by atoms with Gasteiger partial charge in [-0.2, -0.15) is 5.10 Å². The van der Waals surface area contributed by atoms with E-state index in [1.165, 1.54) is 6.07 Å². The highest BCUT2D eigenvalue weighted by atomic mass is 19.1. The van der Waals surface area contributed by atoms with Crippen LogP contribution in [0.1, 0.15) is 18.4 Å². The van der Waals surface area contributed by atoms with Crippen molar-refractivity contribution in [3.63, 3.8) is 0 Å². The molecule has 0 radical (unpaired) electrons. The fourth-order valence-electron chi connectivity index (χ4n) is 5.23. The molecule has 4 aromatic rings. The summed E-state index contributed by atoms with van der Waals surface area (Å²) in [4.78, 5) is 21.5. The van der Waals surface area contributed by atoms with Gasteiger partial charge >= 0.3 is 6.03 Å². The molecule has 11 heteroatoms. The first kappa shape index (κ1) is 24.3. The maximum Gasteiger partial charge on any atom is 0.319 e. The zero-order chi connectivity index (χ0) is 26.3. The van der Waals surface area contributed by atoms with Crippen molar-refractivity contribution in [2.45, 2.75) is 25.8 Å². The minimum absolute atomic E-state index is 0.0565. The molecule has 6 rings (SSSR count). The van der Waals surface area contributed by atoms with Gasteiger partial charge < -0.3 is 25.2 Å². The van der Waals surface area contributed by atoms with Crippen molar-refractivity contribution >= 4 is 22.8 Å². The summed E-state index contributed by atoms with van der Waals surface area (Å²) < 4.78 is 25.9. The van der Waals surface area contributed by atoms with E-state index in [4.69, 9.17) is 9.47 Å². The third kappa shape index (κ3) is 4.54. The number of fused-ring (bicyclic) bond motifs is 1. The standard InChI is InChI=1S/C27H27FN6O4/c1-15-6-21(28)23(33-26(36)31-17-10-27(11-17)13-37-14-27)9-19(15)16-7-22(32-24(8-16)38-5-4-35)18-2-3-29-25-20(18)12-30-34-25/h2-3,6-9,12,17,35H,4-5,10-11,13-14H2,1H3,(H,29,30,34)(H2,31,33,36). The summed E-state index contributed by atoms with van der Waals surface area (Å²) in [6.07, 6.45) is 5.07. The van der Waals surface area contributed by atoms with Crippen molar-refractivity contribution in [1.29, 1.82) is 0 Å². The summed E-state index contributed by atoms with van der Waals surface area (Å²) >= 11 is 0. The van der Waals surface area contributed by atoms with Crippen molar-refractivity contribution < 1.29 is 23.8 Å². The Hall–Kier alpha value is -4.09. The number of pyridine rings is 2. The van der Waals surface area contributed by atoms with Crippen molar-refractivity contribution in [3.8, 4) is 28.3 Å². The summed E-state index contributed by atoms with van der Waals surface area (Å²) in [5, 5.41) is 22.6. The van der Waals surface area contributed by atoms with Crippen LogP contribution in [0.2, 0.25) is 0 Å². The maximum absolute atomic E-state index is 14.9. The van der Waals surface area contributed by atoms with Crippen LogP contribution < -0.4 is 15.4 Å². The summed E-state index contributed by atoms with van der Waals surface area (Å²) in [5.74, 6) is -0.228. The Kier molecular flexibility index (Phi) is 6.16. The van der Waals surface area contributed by atoms with Crippen molar-refractivity contribution in [1.82, 2.24) is 25.5 Å². The van der Waals surface area contributed by atoms with Gasteiger partial charge in [0.25, 0.3) is 0 Å². The Balaban J connectivity index is 1.31. The van der Waals surface area contributed by atoms with Gasteiger partial charge in [-0.25, -0.2) is 19.2 Å². The van der Waals surface area contributed by atoms with E-state index in [0.717, 1.165) is 37.0 Å². The number of aryl methyl sites for hydroxylation is 1. The lowest BCUT2D eigenvalue weighted by Gasteiger charge is -2.53. The highest BCUT2D eigenvalue weighted by Crippen LogP contribution is 2.46. The molecule has 4 N–H and O–H groups in total.